The number of nitrogens with zero attached hydrogens (tertiary/aromatic N) is 3. The van der Waals surface area contributed by atoms with Gasteiger partial charge in [0.25, 0.3) is 0 Å². The van der Waals surface area contributed by atoms with Crippen LogP contribution in [0.4, 0.5) is 5.69 Å². The fourth-order valence-electron chi connectivity index (χ4n) is 3.16. The highest BCUT2D eigenvalue weighted by Crippen LogP contribution is 2.21. The molecular formula is C24H27N5O3S. The van der Waals surface area contributed by atoms with Crippen molar-refractivity contribution in [2.24, 2.45) is 0 Å². The van der Waals surface area contributed by atoms with Crippen molar-refractivity contribution in [1.82, 2.24) is 20.1 Å². The van der Waals surface area contributed by atoms with Gasteiger partial charge in [0, 0.05) is 12.2 Å². The van der Waals surface area contributed by atoms with Crippen molar-refractivity contribution in [3.8, 4) is 5.75 Å². The van der Waals surface area contributed by atoms with Gasteiger partial charge in [-0.2, -0.15) is 0 Å². The number of nitrogens with one attached hydrogen (secondary N) is 2. The molecule has 2 N–H and O–H groups in total. The molecule has 0 bridgehead atoms. The van der Waals surface area contributed by atoms with Gasteiger partial charge in [-0.3, -0.25) is 9.59 Å². The van der Waals surface area contributed by atoms with Gasteiger partial charge in [-0.1, -0.05) is 48.2 Å². The Morgan fingerprint density at radius 2 is 1.85 bits per heavy atom. The van der Waals surface area contributed by atoms with E-state index in [9.17, 15) is 9.59 Å². The van der Waals surface area contributed by atoms with E-state index in [0.29, 0.717) is 17.5 Å². The fraction of sp³-hybridized carbons (Fsp3) is 0.250. The number of ether oxygens (including phenoxy) is 1. The Balaban J connectivity index is 1.60. The van der Waals surface area contributed by atoms with E-state index < -0.39 is 0 Å². The van der Waals surface area contributed by atoms with Crippen molar-refractivity contribution in [3.63, 3.8) is 0 Å². The summed E-state index contributed by atoms with van der Waals surface area (Å²) in [7, 11) is 1.60. The van der Waals surface area contributed by atoms with Crippen LogP contribution in [0.25, 0.3) is 0 Å². The molecule has 0 saturated carbocycles. The van der Waals surface area contributed by atoms with Crippen LogP contribution in [0, 0.1) is 0 Å². The Labute approximate surface area is 197 Å². The second kappa shape index (κ2) is 11.9. The number of allylic oxidation sites excluding steroid dienone is 1. The van der Waals surface area contributed by atoms with Gasteiger partial charge in [-0.15, -0.1) is 16.8 Å². The van der Waals surface area contributed by atoms with E-state index in [0.717, 1.165) is 17.0 Å². The van der Waals surface area contributed by atoms with E-state index in [-0.39, 0.29) is 30.0 Å². The molecule has 0 spiro atoms. The SMILES string of the molecule is C=CCn1c(SCC(=O)Nc2ccccc2)nnc1[C@@H](C)NC(=O)Cc1ccc(OC)cc1. The first-order chi connectivity index (χ1) is 16.0. The molecule has 0 unspecified atom stereocenters. The topological polar surface area (TPSA) is 98.1 Å². The largest absolute Gasteiger partial charge is 0.497 e. The molecule has 9 heteroatoms. The summed E-state index contributed by atoms with van der Waals surface area (Å²) in [5, 5.41) is 14.9. The number of amides is 2. The Bertz CT molecular complexity index is 1080. The van der Waals surface area contributed by atoms with Crippen molar-refractivity contribution in [2.75, 3.05) is 18.2 Å². The number of carbonyl (C=O) groups excluding carboxylic acids is 2. The molecule has 0 aliphatic rings. The monoisotopic (exact) mass is 465 g/mol. The van der Waals surface area contributed by atoms with Gasteiger partial charge in [-0.05, 0) is 36.8 Å². The average molecular weight is 466 g/mol. The van der Waals surface area contributed by atoms with E-state index in [2.05, 4.69) is 27.4 Å². The first-order valence-electron chi connectivity index (χ1n) is 10.4. The molecule has 0 aliphatic heterocycles. The summed E-state index contributed by atoms with van der Waals surface area (Å²) in [5.74, 6) is 1.26. The Morgan fingerprint density at radius 3 is 2.52 bits per heavy atom. The van der Waals surface area contributed by atoms with Gasteiger partial charge in [0.1, 0.15) is 5.75 Å². The highest BCUT2D eigenvalue weighted by molar-refractivity contribution is 7.99. The summed E-state index contributed by atoms with van der Waals surface area (Å²) in [6.07, 6.45) is 1.97. The normalized spacial score (nSPS) is 11.5. The lowest BCUT2D eigenvalue weighted by atomic mass is 10.1. The van der Waals surface area contributed by atoms with E-state index in [4.69, 9.17) is 4.74 Å². The minimum Gasteiger partial charge on any atom is -0.497 e. The molecule has 0 saturated heterocycles. The minimum atomic E-state index is -0.365. The minimum absolute atomic E-state index is 0.128. The van der Waals surface area contributed by atoms with Crippen LogP contribution in [0.1, 0.15) is 24.4 Å². The molecule has 172 valence electrons. The van der Waals surface area contributed by atoms with Crippen molar-refractivity contribution in [1.29, 1.82) is 0 Å². The molecule has 0 radical (unpaired) electrons. The average Bonchev–Trinajstić information content (AvgIpc) is 3.22. The number of methoxy groups -OCH3 is 1. The van der Waals surface area contributed by atoms with Gasteiger partial charge in [-0.25, -0.2) is 0 Å². The number of rotatable bonds is 11. The number of hydrogen-bond acceptors (Lipinski definition) is 6. The summed E-state index contributed by atoms with van der Waals surface area (Å²) in [6.45, 7) is 6.11. The Morgan fingerprint density at radius 1 is 1.12 bits per heavy atom. The van der Waals surface area contributed by atoms with Crippen molar-refractivity contribution in [2.45, 2.75) is 31.1 Å². The van der Waals surface area contributed by atoms with Crippen LogP contribution in [0.2, 0.25) is 0 Å². The maximum Gasteiger partial charge on any atom is 0.234 e. The molecule has 0 aliphatic carbocycles. The smallest absolute Gasteiger partial charge is 0.234 e. The Hall–Kier alpha value is -3.59. The number of carbonyl (C=O) groups is 2. The van der Waals surface area contributed by atoms with Crippen molar-refractivity contribution in [3.05, 3.63) is 78.6 Å². The number of para-hydroxylation sites is 1. The highest BCUT2D eigenvalue weighted by Gasteiger charge is 2.20. The standard InChI is InChI=1S/C24H27N5O3S/c1-4-14-29-23(17(2)25-21(30)15-18-10-12-20(32-3)13-11-18)27-28-24(29)33-16-22(31)26-19-8-6-5-7-9-19/h4-13,17H,1,14-16H2,2-3H3,(H,25,30)(H,26,31)/t17-/m1/s1. The quantitative estimate of drug-likeness (QED) is 0.332. The van der Waals surface area contributed by atoms with Crippen LogP contribution in [-0.2, 0) is 22.6 Å². The van der Waals surface area contributed by atoms with Crippen LogP contribution in [0.15, 0.2) is 72.4 Å². The number of thioether (sulfide) groups is 1. The van der Waals surface area contributed by atoms with Crippen LogP contribution in [0.3, 0.4) is 0 Å². The molecule has 3 rings (SSSR count). The number of hydrogen-bond donors (Lipinski definition) is 2. The van der Waals surface area contributed by atoms with Gasteiger partial charge in [0.15, 0.2) is 11.0 Å². The van der Waals surface area contributed by atoms with Gasteiger partial charge < -0.3 is 19.9 Å². The zero-order valence-electron chi connectivity index (χ0n) is 18.7. The molecule has 1 heterocycles. The first-order valence-corrected chi connectivity index (χ1v) is 11.4. The molecule has 2 amide bonds. The molecule has 1 atom stereocenters. The molecule has 33 heavy (non-hydrogen) atoms. The highest BCUT2D eigenvalue weighted by atomic mass is 32.2. The van der Waals surface area contributed by atoms with Crippen LogP contribution < -0.4 is 15.4 Å². The third-order valence-corrected chi connectivity index (χ3v) is 5.70. The summed E-state index contributed by atoms with van der Waals surface area (Å²) in [4.78, 5) is 24.8. The molecule has 0 fully saturated rings. The summed E-state index contributed by atoms with van der Waals surface area (Å²) in [6, 6.07) is 16.3. The zero-order chi connectivity index (χ0) is 23.6. The van der Waals surface area contributed by atoms with Crippen LogP contribution in [0.5, 0.6) is 5.75 Å². The molecule has 3 aromatic rings. The number of anilines is 1. The first kappa shape index (κ1) is 24.1. The lowest BCUT2D eigenvalue weighted by molar-refractivity contribution is -0.121. The fourth-order valence-corrected chi connectivity index (χ4v) is 3.92. The van der Waals surface area contributed by atoms with Crippen molar-refractivity contribution >= 4 is 29.3 Å². The number of benzene rings is 2. The second-order valence-electron chi connectivity index (χ2n) is 7.26. The number of aromatic nitrogens is 3. The molecule has 1 aromatic heterocycles. The van der Waals surface area contributed by atoms with Crippen LogP contribution >= 0.6 is 11.8 Å². The van der Waals surface area contributed by atoms with E-state index in [1.165, 1.54) is 11.8 Å². The lowest BCUT2D eigenvalue weighted by Gasteiger charge is -2.15. The summed E-state index contributed by atoms with van der Waals surface area (Å²) < 4.78 is 7.00. The van der Waals surface area contributed by atoms with E-state index >= 15 is 0 Å². The Kier molecular flexibility index (Phi) is 8.65. The maximum atomic E-state index is 12.5. The lowest BCUT2D eigenvalue weighted by Crippen LogP contribution is -2.30. The predicted octanol–water partition coefficient (Wildman–Crippen LogP) is 3.62. The molecule has 2 aromatic carbocycles. The third-order valence-electron chi connectivity index (χ3n) is 4.74. The zero-order valence-corrected chi connectivity index (χ0v) is 19.5. The summed E-state index contributed by atoms with van der Waals surface area (Å²) in [5.41, 5.74) is 1.62. The van der Waals surface area contributed by atoms with E-state index in [1.807, 2.05) is 66.1 Å². The third kappa shape index (κ3) is 6.95. The maximum absolute atomic E-state index is 12.5. The molecule has 8 nitrogen and oxygen atoms in total. The van der Waals surface area contributed by atoms with Crippen LogP contribution in [-0.4, -0.2) is 39.4 Å². The second-order valence-corrected chi connectivity index (χ2v) is 8.20. The van der Waals surface area contributed by atoms with E-state index in [1.54, 1.807) is 13.2 Å². The van der Waals surface area contributed by atoms with Gasteiger partial charge >= 0.3 is 0 Å². The molecular weight excluding hydrogens is 438 g/mol. The van der Waals surface area contributed by atoms with Crippen molar-refractivity contribution < 1.29 is 14.3 Å². The van der Waals surface area contributed by atoms with Gasteiger partial charge in [0.2, 0.25) is 11.8 Å². The summed E-state index contributed by atoms with van der Waals surface area (Å²) >= 11 is 1.28. The predicted molar refractivity (Wildman–Crippen MR) is 129 cm³/mol. The van der Waals surface area contributed by atoms with Gasteiger partial charge in [0.05, 0.1) is 25.3 Å².